The summed E-state index contributed by atoms with van der Waals surface area (Å²) in [6, 6.07) is 11.9. The molecule has 15 heteroatoms. The normalized spacial score (nSPS) is 18.0. The number of benzene rings is 3. The highest BCUT2D eigenvalue weighted by atomic mass is 35.5. The topological polar surface area (TPSA) is 182 Å². The number of hydrogen-bond acceptors (Lipinski definition) is 9. The number of carbonyl (C=O) groups excluding carboxylic acids is 3. The van der Waals surface area contributed by atoms with Crippen LogP contribution in [0.1, 0.15) is 75.2 Å². The van der Waals surface area contributed by atoms with Crippen LogP contribution in [-0.4, -0.2) is 72.3 Å². The van der Waals surface area contributed by atoms with E-state index in [-0.39, 0.29) is 39.0 Å². The minimum absolute atomic E-state index is 0.0470. The van der Waals surface area contributed by atoms with Gasteiger partial charge in [-0.15, -0.1) is 0 Å². The molecule has 2 unspecified atom stereocenters. The minimum Gasteiger partial charge on any atom is -0.508 e. The van der Waals surface area contributed by atoms with Gasteiger partial charge in [0.25, 0.3) is 17.7 Å². The predicted molar refractivity (Wildman–Crippen MR) is 182 cm³/mol. The van der Waals surface area contributed by atoms with Crippen molar-refractivity contribution in [1.82, 2.24) is 16.0 Å². The molecule has 3 atom stereocenters. The third-order valence-electron chi connectivity index (χ3n) is 7.92. The van der Waals surface area contributed by atoms with E-state index in [0.717, 1.165) is 25.7 Å². The molecule has 5 N–H and O–H groups in total. The van der Waals surface area contributed by atoms with Crippen molar-refractivity contribution in [2.75, 3.05) is 19.8 Å². The van der Waals surface area contributed by atoms with Crippen LogP contribution < -0.4 is 25.4 Å². The molecule has 0 aliphatic carbocycles. The van der Waals surface area contributed by atoms with Crippen LogP contribution in [0.15, 0.2) is 54.6 Å². The van der Waals surface area contributed by atoms with E-state index in [1.165, 1.54) is 36.4 Å². The molecule has 50 heavy (non-hydrogen) atoms. The number of amides is 3. The third kappa shape index (κ3) is 10.2. The lowest BCUT2D eigenvalue weighted by molar-refractivity contribution is -0.139. The van der Waals surface area contributed by atoms with E-state index in [4.69, 9.17) is 42.1 Å². The zero-order valence-corrected chi connectivity index (χ0v) is 28.4. The van der Waals surface area contributed by atoms with Gasteiger partial charge in [-0.3, -0.25) is 14.4 Å². The first-order valence-electron chi connectivity index (χ1n) is 16.1. The molecule has 2 aliphatic heterocycles. The van der Waals surface area contributed by atoms with Gasteiger partial charge >= 0.3 is 5.97 Å². The molecule has 266 valence electrons. The highest BCUT2D eigenvalue weighted by Gasteiger charge is 2.26. The summed E-state index contributed by atoms with van der Waals surface area (Å²) in [7, 11) is 0. The summed E-state index contributed by atoms with van der Waals surface area (Å²) in [6.07, 6.45) is 4.12. The largest absolute Gasteiger partial charge is 0.508 e. The molecule has 2 heterocycles. The first kappa shape index (κ1) is 36.7. The molecule has 13 nitrogen and oxygen atoms in total. The molecular formula is C35H37Cl2N3O10. The van der Waals surface area contributed by atoms with Crippen LogP contribution in [0.2, 0.25) is 10.0 Å². The molecule has 3 amide bonds. The second-order valence-electron chi connectivity index (χ2n) is 11.8. The maximum Gasteiger partial charge on any atom is 0.328 e. The highest BCUT2D eigenvalue weighted by molar-refractivity contribution is 6.40. The van der Waals surface area contributed by atoms with Gasteiger partial charge in [-0.25, -0.2) is 4.79 Å². The van der Waals surface area contributed by atoms with Gasteiger partial charge in [-0.1, -0.05) is 35.3 Å². The zero-order valence-electron chi connectivity index (χ0n) is 26.9. The molecule has 0 spiro atoms. The van der Waals surface area contributed by atoms with Crippen molar-refractivity contribution in [2.24, 2.45) is 0 Å². The van der Waals surface area contributed by atoms with Gasteiger partial charge in [-0.05, 0) is 67.6 Å². The second-order valence-corrected chi connectivity index (χ2v) is 12.6. The fourth-order valence-corrected chi connectivity index (χ4v) is 6.01. The number of carboxylic acids is 1. The molecule has 5 rings (SSSR count). The van der Waals surface area contributed by atoms with Crippen molar-refractivity contribution in [3.8, 4) is 17.2 Å². The van der Waals surface area contributed by atoms with Crippen LogP contribution >= 0.6 is 23.2 Å². The summed E-state index contributed by atoms with van der Waals surface area (Å²) in [4.78, 5) is 51.3. The summed E-state index contributed by atoms with van der Waals surface area (Å²) < 4.78 is 23.3. The number of nitrogens with one attached hydrogen (secondary N) is 3. The summed E-state index contributed by atoms with van der Waals surface area (Å²) in [6.45, 7) is 0.726. The van der Waals surface area contributed by atoms with Gasteiger partial charge in [0.2, 0.25) is 0 Å². The molecule has 3 aromatic rings. The quantitative estimate of drug-likeness (QED) is 0.160. The number of rotatable bonds is 13. The first-order chi connectivity index (χ1) is 24.0. The highest BCUT2D eigenvalue weighted by Crippen LogP contribution is 2.29. The zero-order chi connectivity index (χ0) is 35.6. The number of carbonyl (C=O) groups is 4. The average molecular weight is 731 g/mol. The van der Waals surface area contributed by atoms with Crippen molar-refractivity contribution in [3.05, 3.63) is 86.9 Å². The molecule has 2 fully saturated rings. The number of hydrogen-bond donors (Lipinski definition) is 5. The Balaban J connectivity index is 1.23. The Morgan fingerprint density at radius 1 is 0.780 bits per heavy atom. The van der Waals surface area contributed by atoms with Crippen LogP contribution in [0, 0.1) is 0 Å². The molecular weight excluding hydrogens is 693 g/mol. The van der Waals surface area contributed by atoms with Crippen LogP contribution in [0.3, 0.4) is 0 Å². The molecule has 0 radical (unpaired) electrons. The Morgan fingerprint density at radius 2 is 1.36 bits per heavy atom. The summed E-state index contributed by atoms with van der Waals surface area (Å²) in [5.41, 5.74) is 0.579. The van der Waals surface area contributed by atoms with Crippen molar-refractivity contribution in [1.29, 1.82) is 0 Å². The molecule has 0 saturated carbocycles. The SMILES string of the molecule is O=C(NCc1cccc(O)c1)c1cc(Cl)c(C(=O)N[C@@H](CNC(=O)c2cc(OC3CCCCO3)cc(OC3CCCCO3)c2)C(=O)O)c(Cl)c1. The van der Waals surface area contributed by atoms with Crippen LogP contribution in [0.4, 0.5) is 0 Å². The van der Waals surface area contributed by atoms with E-state index in [0.29, 0.717) is 43.1 Å². The molecule has 0 aromatic heterocycles. The van der Waals surface area contributed by atoms with Gasteiger partial charge in [0, 0.05) is 43.1 Å². The van der Waals surface area contributed by atoms with Crippen molar-refractivity contribution < 1.29 is 48.3 Å². The van der Waals surface area contributed by atoms with E-state index in [1.54, 1.807) is 18.2 Å². The maximum absolute atomic E-state index is 13.3. The lowest BCUT2D eigenvalue weighted by Gasteiger charge is -2.26. The summed E-state index contributed by atoms with van der Waals surface area (Å²) in [5, 5.41) is 26.6. The number of aromatic hydroxyl groups is 1. The Hall–Kier alpha value is -4.56. The number of halogens is 2. The molecule has 2 saturated heterocycles. The van der Waals surface area contributed by atoms with E-state index in [1.807, 2.05) is 0 Å². The van der Waals surface area contributed by atoms with Gasteiger partial charge in [-0.2, -0.15) is 0 Å². The van der Waals surface area contributed by atoms with Gasteiger partial charge in [0.1, 0.15) is 23.3 Å². The van der Waals surface area contributed by atoms with Crippen LogP contribution in [0.25, 0.3) is 0 Å². The number of ether oxygens (including phenoxy) is 4. The fourth-order valence-electron chi connectivity index (χ4n) is 5.35. The average Bonchev–Trinajstić information content (AvgIpc) is 3.09. The fraction of sp³-hybridized carbons (Fsp3) is 0.371. The van der Waals surface area contributed by atoms with Gasteiger partial charge in [0.05, 0.1) is 28.8 Å². The molecule has 0 bridgehead atoms. The van der Waals surface area contributed by atoms with Gasteiger partial charge < -0.3 is 45.1 Å². The Bertz CT molecular complexity index is 1650. The standard InChI is InChI=1S/C35H37Cl2N3O10/c36-26-15-22(33(43)38-18-20-6-5-7-23(41)12-20)16-27(37)31(26)34(44)40-28(35(45)46)19-39-32(42)21-13-24(49-29-8-1-3-10-47-29)17-25(14-21)50-30-9-2-4-11-48-30/h5-7,12-17,28-30,41H,1-4,8-11,18-19H2,(H,38,43)(H,39,42)(H,40,44)(H,45,46)/t28-,29?,30?/m0/s1. The lowest BCUT2D eigenvalue weighted by Crippen LogP contribution is -2.48. The first-order valence-corrected chi connectivity index (χ1v) is 16.9. The van der Waals surface area contributed by atoms with E-state index < -0.39 is 48.9 Å². The smallest absolute Gasteiger partial charge is 0.328 e. The second kappa shape index (κ2) is 17.4. The number of aliphatic carboxylic acids is 1. The van der Waals surface area contributed by atoms with E-state index >= 15 is 0 Å². The number of carboxylic acid groups (broad SMARTS) is 1. The number of phenols is 1. The molecule has 3 aromatic carbocycles. The van der Waals surface area contributed by atoms with Crippen molar-refractivity contribution in [2.45, 2.75) is 63.7 Å². The van der Waals surface area contributed by atoms with E-state index in [9.17, 15) is 29.4 Å². The van der Waals surface area contributed by atoms with Crippen LogP contribution in [-0.2, 0) is 20.8 Å². The monoisotopic (exact) mass is 729 g/mol. The van der Waals surface area contributed by atoms with Crippen LogP contribution in [0.5, 0.6) is 17.2 Å². The minimum atomic E-state index is -1.58. The van der Waals surface area contributed by atoms with E-state index in [2.05, 4.69) is 16.0 Å². The summed E-state index contributed by atoms with van der Waals surface area (Å²) >= 11 is 12.7. The van der Waals surface area contributed by atoms with Crippen molar-refractivity contribution in [3.63, 3.8) is 0 Å². The van der Waals surface area contributed by atoms with Gasteiger partial charge in [0.15, 0.2) is 12.6 Å². The Morgan fingerprint density at radius 3 is 1.90 bits per heavy atom. The summed E-state index contributed by atoms with van der Waals surface area (Å²) in [5.74, 6) is -2.84. The molecule has 2 aliphatic rings. The maximum atomic E-state index is 13.3. The Kier molecular flexibility index (Phi) is 12.8. The Labute approximate surface area is 298 Å². The third-order valence-corrected chi connectivity index (χ3v) is 8.51. The predicted octanol–water partition coefficient (Wildman–Crippen LogP) is 5.05. The lowest BCUT2D eigenvalue weighted by atomic mass is 10.1. The number of phenolic OH excluding ortho intramolecular Hbond substituents is 1. The van der Waals surface area contributed by atoms with Crippen molar-refractivity contribution >= 4 is 46.9 Å².